The molecule has 0 bridgehead atoms. The number of rotatable bonds is 0. The molecule has 0 aromatic heterocycles. The zero-order chi connectivity index (χ0) is 6.85. The topological polar surface area (TPSA) is 26.3 Å². The normalized spacial score (nSPS) is 31.1. The molecule has 1 atom stereocenters. The fourth-order valence-electron chi connectivity index (χ4n) is 0.929. The number of ether oxygens (including phenoxy) is 1. The second kappa shape index (κ2) is 2.21. The molecule has 2 heteroatoms. The van der Waals surface area contributed by atoms with Gasteiger partial charge >= 0.3 is 5.97 Å². The van der Waals surface area contributed by atoms with E-state index in [0.717, 1.165) is 12.0 Å². The average Bonchev–Trinajstić information content (AvgIpc) is 2.10. The largest absolute Gasteiger partial charge is 0.459 e. The van der Waals surface area contributed by atoms with Crippen LogP contribution in [0.3, 0.4) is 0 Å². The number of hydrogen-bond acceptors (Lipinski definition) is 2. The lowest BCUT2D eigenvalue weighted by Gasteiger charge is -1.94. The van der Waals surface area contributed by atoms with Gasteiger partial charge in [-0.25, -0.2) is 4.79 Å². The molecule has 0 aliphatic carbocycles. The zero-order valence-corrected chi connectivity index (χ0v) is 5.68. The third kappa shape index (κ3) is 1.12. The van der Waals surface area contributed by atoms with Gasteiger partial charge in [0.25, 0.3) is 0 Å². The molecular formula is C7H10O2. The van der Waals surface area contributed by atoms with Crippen molar-refractivity contribution >= 4 is 5.97 Å². The van der Waals surface area contributed by atoms with E-state index in [4.69, 9.17) is 4.74 Å². The predicted octanol–water partition coefficient (Wildman–Crippen LogP) is 1.27. The summed E-state index contributed by atoms with van der Waals surface area (Å²) in [5.41, 5.74) is 0.808. The molecule has 9 heavy (non-hydrogen) atoms. The first kappa shape index (κ1) is 6.33. The number of carbonyl (C=O) groups excluding carboxylic acids is 1. The lowest BCUT2D eigenvalue weighted by molar-refractivity contribution is -0.138. The molecule has 1 rings (SSSR count). The van der Waals surface area contributed by atoms with Crippen LogP contribution in [0.4, 0.5) is 0 Å². The molecule has 1 saturated heterocycles. The molecule has 0 amide bonds. The Morgan fingerprint density at radius 3 is 2.67 bits per heavy atom. The molecule has 0 aromatic rings. The Morgan fingerprint density at radius 2 is 2.44 bits per heavy atom. The summed E-state index contributed by atoms with van der Waals surface area (Å²) in [6.07, 6.45) is 2.67. The molecule has 2 nitrogen and oxygen atoms in total. The van der Waals surface area contributed by atoms with Crippen LogP contribution in [0.5, 0.6) is 0 Å². The van der Waals surface area contributed by atoms with Gasteiger partial charge < -0.3 is 4.74 Å². The molecule has 0 aromatic carbocycles. The Labute approximate surface area is 54.5 Å². The van der Waals surface area contributed by atoms with Gasteiger partial charge in [0.15, 0.2) is 0 Å². The quantitative estimate of drug-likeness (QED) is 0.361. The van der Waals surface area contributed by atoms with Gasteiger partial charge in [-0.1, -0.05) is 6.08 Å². The summed E-state index contributed by atoms with van der Waals surface area (Å²) in [6, 6.07) is 0. The summed E-state index contributed by atoms with van der Waals surface area (Å²) < 4.78 is 4.86. The second-order valence-corrected chi connectivity index (χ2v) is 2.23. The van der Waals surface area contributed by atoms with Crippen molar-refractivity contribution in [2.24, 2.45) is 0 Å². The molecule has 0 saturated carbocycles. The predicted molar refractivity (Wildman–Crippen MR) is 33.9 cm³/mol. The SMILES string of the molecule is CC=C1C[C@@H](C)OC1=O. The van der Waals surface area contributed by atoms with Gasteiger partial charge in [-0.3, -0.25) is 0 Å². The standard InChI is InChI=1S/C7H10O2/c1-3-6-4-5(2)9-7(6)8/h3,5H,4H2,1-2H3/t5-/m1/s1. The summed E-state index contributed by atoms with van der Waals surface area (Å²) in [5.74, 6) is -0.148. The lowest BCUT2D eigenvalue weighted by atomic mass is 10.2. The molecule has 0 unspecified atom stereocenters. The van der Waals surface area contributed by atoms with Crippen LogP contribution in [-0.4, -0.2) is 12.1 Å². The highest BCUT2D eigenvalue weighted by Crippen LogP contribution is 2.18. The van der Waals surface area contributed by atoms with Crippen molar-refractivity contribution < 1.29 is 9.53 Å². The second-order valence-electron chi connectivity index (χ2n) is 2.23. The van der Waals surface area contributed by atoms with E-state index in [1.165, 1.54) is 0 Å². The van der Waals surface area contributed by atoms with E-state index < -0.39 is 0 Å². The van der Waals surface area contributed by atoms with Crippen molar-refractivity contribution in [3.63, 3.8) is 0 Å². The molecule has 0 N–H and O–H groups in total. The maximum atomic E-state index is 10.7. The first-order valence-electron chi connectivity index (χ1n) is 3.10. The van der Waals surface area contributed by atoms with Crippen LogP contribution in [0.25, 0.3) is 0 Å². The van der Waals surface area contributed by atoms with E-state index in [-0.39, 0.29) is 12.1 Å². The Morgan fingerprint density at radius 1 is 1.78 bits per heavy atom. The smallest absolute Gasteiger partial charge is 0.334 e. The minimum absolute atomic E-state index is 0.0868. The van der Waals surface area contributed by atoms with E-state index in [1.54, 1.807) is 0 Å². The molecule has 0 radical (unpaired) electrons. The highest BCUT2D eigenvalue weighted by atomic mass is 16.5. The third-order valence-corrected chi connectivity index (χ3v) is 1.43. The molecule has 1 fully saturated rings. The van der Waals surface area contributed by atoms with Crippen molar-refractivity contribution in [3.8, 4) is 0 Å². The van der Waals surface area contributed by atoms with Crippen molar-refractivity contribution in [1.29, 1.82) is 0 Å². The van der Waals surface area contributed by atoms with Gasteiger partial charge in [0.1, 0.15) is 6.10 Å². The van der Waals surface area contributed by atoms with Crippen LogP contribution in [0.2, 0.25) is 0 Å². The van der Waals surface area contributed by atoms with E-state index >= 15 is 0 Å². The summed E-state index contributed by atoms with van der Waals surface area (Å²) >= 11 is 0. The van der Waals surface area contributed by atoms with Crippen molar-refractivity contribution in [2.45, 2.75) is 26.4 Å². The minimum atomic E-state index is -0.148. The molecule has 0 spiro atoms. The first-order chi connectivity index (χ1) is 4.24. The highest BCUT2D eigenvalue weighted by Gasteiger charge is 2.23. The van der Waals surface area contributed by atoms with Crippen molar-refractivity contribution in [2.75, 3.05) is 0 Å². The monoisotopic (exact) mass is 126 g/mol. The van der Waals surface area contributed by atoms with E-state index in [2.05, 4.69) is 0 Å². The van der Waals surface area contributed by atoms with Gasteiger partial charge in [0.05, 0.1) is 0 Å². The molecule has 1 heterocycles. The van der Waals surface area contributed by atoms with Crippen LogP contribution in [0, 0.1) is 0 Å². The Hall–Kier alpha value is -0.790. The maximum absolute atomic E-state index is 10.7. The molecular weight excluding hydrogens is 116 g/mol. The number of hydrogen-bond donors (Lipinski definition) is 0. The maximum Gasteiger partial charge on any atom is 0.334 e. The Bertz CT molecular complexity index is 158. The summed E-state index contributed by atoms with van der Waals surface area (Å²) in [5, 5.41) is 0. The van der Waals surface area contributed by atoms with Crippen LogP contribution < -0.4 is 0 Å². The number of esters is 1. The average molecular weight is 126 g/mol. The van der Waals surface area contributed by atoms with Crippen molar-refractivity contribution in [3.05, 3.63) is 11.6 Å². The van der Waals surface area contributed by atoms with Crippen LogP contribution >= 0.6 is 0 Å². The van der Waals surface area contributed by atoms with E-state index in [9.17, 15) is 4.79 Å². The van der Waals surface area contributed by atoms with E-state index in [1.807, 2.05) is 19.9 Å². The van der Waals surface area contributed by atoms with Gasteiger partial charge in [-0.15, -0.1) is 0 Å². The summed E-state index contributed by atoms with van der Waals surface area (Å²) in [6.45, 7) is 3.75. The lowest BCUT2D eigenvalue weighted by Crippen LogP contribution is -1.99. The first-order valence-corrected chi connectivity index (χ1v) is 3.10. The van der Waals surface area contributed by atoms with Crippen LogP contribution in [0.1, 0.15) is 20.3 Å². The summed E-state index contributed by atoms with van der Waals surface area (Å²) in [7, 11) is 0. The molecule has 1 aliphatic heterocycles. The zero-order valence-electron chi connectivity index (χ0n) is 5.68. The van der Waals surface area contributed by atoms with Gasteiger partial charge in [-0.2, -0.15) is 0 Å². The van der Waals surface area contributed by atoms with Gasteiger partial charge in [0, 0.05) is 12.0 Å². The minimum Gasteiger partial charge on any atom is -0.459 e. The molecule has 1 aliphatic rings. The number of allylic oxidation sites excluding steroid dienone is 1. The fourth-order valence-corrected chi connectivity index (χ4v) is 0.929. The highest BCUT2D eigenvalue weighted by molar-refractivity contribution is 5.90. The third-order valence-electron chi connectivity index (χ3n) is 1.43. The summed E-state index contributed by atoms with van der Waals surface area (Å²) in [4.78, 5) is 10.7. The fraction of sp³-hybridized carbons (Fsp3) is 0.571. The van der Waals surface area contributed by atoms with E-state index in [0.29, 0.717) is 0 Å². The van der Waals surface area contributed by atoms with Gasteiger partial charge in [0.2, 0.25) is 0 Å². The van der Waals surface area contributed by atoms with Crippen molar-refractivity contribution in [1.82, 2.24) is 0 Å². The van der Waals surface area contributed by atoms with Gasteiger partial charge in [-0.05, 0) is 13.8 Å². The number of cyclic esters (lactones) is 1. The van der Waals surface area contributed by atoms with Crippen LogP contribution in [0.15, 0.2) is 11.6 Å². The number of carbonyl (C=O) groups is 1. The Balaban J connectivity index is 2.70. The Kier molecular flexibility index (Phi) is 1.56. The van der Waals surface area contributed by atoms with Crippen LogP contribution in [-0.2, 0) is 9.53 Å². The molecule has 50 valence electrons.